The lowest BCUT2D eigenvalue weighted by molar-refractivity contribution is -0.360. The van der Waals surface area contributed by atoms with Gasteiger partial charge in [0.2, 0.25) is 0 Å². The molecule has 2 aliphatic heterocycles. The summed E-state index contributed by atoms with van der Waals surface area (Å²) in [5.41, 5.74) is 0. The van der Waals surface area contributed by atoms with Gasteiger partial charge in [0.1, 0.15) is 92.6 Å². The van der Waals surface area contributed by atoms with Crippen LogP contribution in [-0.2, 0) is 70.7 Å². The van der Waals surface area contributed by atoms with Crippen LogP contribution >= 0.6 is 7.82 Å². The molecule has 121 heavy (non-hydrogen) atoms. The van der Waals surface area contributed by atoms with Crippen molar-refractivity contribution < 1.29 is 122 Å². The molecule has 1 aliphatic carbocycles. The summed E-state index contributed by atoms with van der Waals surface area (Å²) in [5, 5.41) is 103. The first-order valence-electron chi connectivity index (χ1n) is 49.4. The van der Waals surface area contributed by atoms with Gasteiger partial charge in [-0.1, -0.05) is 374 Å². The maximum Gasteiger partial charge on any atom is 0.472 e. The summed E-state index contributed by atoms with van der Waals surface area (Å²) in [6.45, 7) is 5.64. The molecule has 18 unspecified atom stereocenters. The Morgan fingerprint density at radius 3 is 0.992 bits per heavy atom. The number of hydrogen-bond acceptors (Lipinski definition) is 24. The summed E-state index contributed by atoms with van der Waals surface area (Å²) < 4.78 is 73.6. The highest BCUT2D eigenvalue weighted by Crippen LogP contribution is 2.49. The van der Waals surface area contributed by atoms with E-state index >= 15 is 0 Å². The number of carbonyl (C=O) groups is 4. The maximum absolute atomic E-state index is 14.9. The normalized spacial score (nSPS) is 24.6. The fourth-order valence-electron chi connectivity index (χ4n) is 16.4. The average molecular weight is 1750 g/mol. The van der Waals surface area contributed by atoms with Gasteiger partial charge in [-0.3, -0.25) is 28.2 Å². The summed E-state index contributed by atoms with van der Waals surface area (Å²) in [5.74, 6) is -2.95. The average Bonchev–Trinajstić information content (AvgIpc) is 0.753. The molecular formula is C95H177O25P. The molecule has 26 heteroatoms. The molecule has 1 saturated carbocycles. The van der Waals surface area contributed by atoms with E-state index in [4.69, 9.17) is 46.9 Å². The van der Waals surface area contributed by atoms with Gasteiger partial charge in [-0.15, -0.1) is 0 Å². The molecule has 0 radical (unpaired) electrons. The predicted molar refractivity (Wildman–Crippen MR) is 472 cm³/mol. The predicted octanol–water partition coefficient (Wildman–Crippen LogP) is 19.1. The first-order valence-corrected chi connectivity index (χ1v) is 50.9. The van der Waals surface area contributed by atoms with Crippen LogP contribution in [0.4, 0.5) is 0 Å². The largest absolute Gasteiger partial charge is 0.472 e. The second-order valence-corrected chi connectivity index (χ2v) is 36.7. The van der Waals surface area contributed by atoms with Gasteiger partial charge in [-0.05, 0) is 51.4 Å². The zero-order valence-corrected chi connectivity index (χ0v) is 77.0. The third-order valence-electron chi connectivity index (χ3n) is 24.3. The van der Waals surface area contributed by atoms with Gasteiger partial charge in [0.05, 0.1) is 13.2 Å². The van der Waals surface area contributed by atoms with Gasteiger partial charge in [-0.25, -0.2) is 4.57 Å². The zero-order valence-electron chi connectivity index (χ0n) is 76.1. The number of aliphatic hydroxyl groups excluding tert-OH is 9. The molecule has 25 nitrogen and oxygen atoms in total. The molecule has 10 N–H and O–H groups in total. The Balaban J connectivity index is 1.90. The lowest BCUT2D eigenvalue weighted by Crippen LogP contribution is -2.70. The molecule has 2 saturated heterocycles. The number of aliphatic hydroxyl groups is 9. The van der Waals surface area contributed by atoms with E-state index in [0.29, 0.717) is 38.5 Å². The number of ether oxygens (including phenoxy) is 8. The minimum absolute atomic E-state index is 0.0193. The van der Waals surface area contributed by atoms with Gasteiger partial charge < -0.3 is 88.7 Å². The molecule has 3 rings (SSSR count). The quantitative estimate of drug-likeness (QED) is 0.00889. The Morgan fingerprint density at radius 2 is 0.620 bits per heavy atom. The molecule has 2 heterocycles. The number of phosphoric acid groups is 1. The van der Waals surface area contributed by atoms with E-state index in [2.05, 4.69) is 39.8 Å². The molecular weight excluding hydrogens is 1570 g/mol. The van der Waals surface area contributed by atoms with Gasteiger partial charge in [-0.2, -0.15) is 0 Å². The van der Waals surface area contributed by atoms with Crippen molar-refractivity contribution in [1.82, 2.24) is 0 Å². The number of unbranched alkanes of at least 4 members (excludes halogenated alkanes) is 55. The van der Waals surface area contributed by atoms with Crippen molar-refractivity contribution in [1.29, 1.82) is 0 Å². The van der Waals surface area contributed by atoms with Gasteiger partial charge in [0.25, 0.3) is 0 Å². The van der Waals surface area contributed by atoms with Crippen molar-refractivity contribution in [3.05, 3.63) is 12.2 Å². The van der Waals surface area contributed by atoms with Crippen LogP contribution < -0.4 is 0 Å². The second-order valence-electron chi connectivity index (χ2n) is 35.3. The Morgan fingerprint density at radius 1 is 0.322 bits per heavy atom. The fraction of sp³-hybridized carbons (Fsp3) is 0.937. The lowest BCUT2D eigenvalue weighted by atomic mass is 9.84. The molecule has 0 aromatic rings. The van der Waals surface area contributed by atoms with E-state index < -0.39 is 162 Å². The third-order valence-corrected chi connectivity index (χ3v) is 25.3. The first kappa shape index (κ1) is 112. The highest BCUT2D eigenvalue weighted by molar-refractivity contribution is 7.47. The topological polar surface area (TPSA) is 380 Å². The van der Waals surface area contributed by atoms with Gasteiger partial charge in [0, 0.05) is 25.7 Å². The van der Waals surface area contributed by atoms with E-state index in [1.165, 1.54) is 205 Å². The molecule has 3 aliphatic rings. The molecule has 0 spiro atoms. The van der Waals surface area contributed by atoms with E-state index in [1.807, 2.05) is 0 Å². The van der Waals surface area contributed by atoms with Crippen LogP contribution in [0.25, 0.3) is 0 Å². The minimum atomic E-state index is -5.81. The Kier molecular flexibility index (Phi) is 68.8. The number of phosphoric ester groups is 1. The summed E-state index contributed by atoms with van der Waals surface area (Å²) in [7, 11) is -5.81. The summed E-state index contributed by atoms with van der Waals surface area (Å²) >= 11 is 0. The fourth-order valence-corrected chi connectivity index (χ4v) is 17.4. The van der Waals surface area contributed by atoms with Crippen molar-refractivity contribution in [2.45, 2.75) is 543 Å². The van der Waals surface area contributed by atoms with E-state index in [-0.39, 0.29) is 25.7 Å². The number of hydrogen-bond donors (Lipinski definition) is 10. The van der Waals surface area contributed by atoms with E-state index in [9.17, 15) is 74.6 Å². The highest BCUT2D eigenvalue weighted by atomic mass is 31.2. The Hall–Kier alpha value is -2.79. The van der Waals surface area contributed by atoms with Gasteiger partial charge >= 0.3 is 31.7 Å². The molecule has 0 bridgehead atoms. The number of carbonyl (C=O) groups excluding carboxylic acids is 4. The van der Waals surface area contributed by atoms with Crippen LogP contribution in [0.15, 0.2) is 12.2 Å². The van der Waals surface area contributed by atoms with Crippen LogP contribution in [0.2, 0.25) is 0 Å². The standard InChI is InChI=1S/C95H177O25P/c1-5-9-13-17-21-25-29-33-37-41-44-48-52-56-60-64-68-79(98)112-74-77-83(102)85(104)89(108)95(116-77)119-92-90(117-81(100)70-66-62-58-54-50-46-42-38-34-30-26-22-18-14-10-6-2)86(105)87(106)91(118-94-88(107)84(103)82(101)76(71-96)115-94)93(92)120-121(109,110)113-73-75(114-80(99)69-65-61-57-53-49-45-40-36-32-28-24-20-16-12-8-4)72-111-78(97)67-63-59-55-51-47-43-39-35-31-27-23-19-15-11-7-3/h28,32,75-77,82-96,101-108H,5-27,29-31,33-74H2,1-4H3,(H,109,110)/b32-28-. The number of esters is 4. The summed E-state index contributed by atoms with van der Waals surface area (Å²) in [6.07, 6.45) is 34.5. The monoisotopic (exact) mass is 1750 g/mol. The molecule has 712 valence electrons. The Bertz CT molecular complexity index is 2550. The van der Waals surface area contributed by atoms with Gasteiger partial charge in [0.15, 0.2) is 24.8 Å². The molecule has 0 aromatic heterocycles. The van der Waals surface area contributed by atoms with Crippen LogP contribution in [0.1, 0.15) is 439 Å². The lowest BCUT2D eigenvalue weighted by Gasteiger charge is -2.50. The molecule has 18 atom stereocenters. The third kappa shape index (κ3) is 53.7. The second kappa shape index (κ2) is 74.0. The summed E-state index contributed by atoms with van der Waals surface area (Å²) in [6, 6.07) is 0. The Labute approximate surface area is 731 Å². The van der Waals surface area contributed by atoms with E-state index in [0.717, 1.165) is 141 Å². The van der Waals surface area contributed by atoms with Crippen LogP contribution in [0.3, 0.4) is 0 Å². The highest BCUT2D eigenvalue weighted by Gasteiger charge is 2.60. The number of allylic oxidation sites excluding steroid dienone is 2. The first-order chi connectivity index (χ1) is 58.7. The van der Waals surface area contributed by atoms with Crippen LogP contribution in [0.5, 0.6) is 0 Å². The minimum Gasteiger partial charge on any atom is -0.463 e. The molecule has 0 amide bonds. The SMILES string of the molecule is CCCCCC/C=C\CCCCCCCCCC(=O)OC(COC(=O)CCCCCCCCCCCCCCCCC)COP(=O)(O)OC1C(OC2OC(CO)C(O)C(O)C2O)C(O)C(O)C(OC(=O)CCCCCCCCCCCCCCCCCC)C1OC1OC(COC(=O)CCCCCCCCCCCCCCCCCC)C(O)C(O)C1O. The van der Waals surface area contributed by atoms with Crippen LogP contribution in [0, 0.1) is 0 Å². The zero-order chi connectivity index (χ0) is 88.2. The molecule has 0 aromatic carbocycles. The van der Waals surface area contributed by atoms with E-state index in [1.54, 1.807) is 0 Å². The maximum atomic E-state index is 14.9. The van der Waals surface area contributed by atoms with Crippen molar-refractivity contribution in [2.75, 3.05) is 26.4 Å². The summed E-state index contributed by atoms with van der Waals surface area (Å²) in [4.78, 5) is 66.6. The smallest absolute Gasteiger partial charge is 0.463 e. The van der Waals surface area contributed by atoms with Crippen molar-refractivity contribution in [3.8, 4) is 0 Å². The van der Waals surface area contributed by atoms with Crippen molar-refractivity contribution >= 4 is 31.7 Å². The van der Waals surface area contributed by atoms with Crippen molar-refractivity contribution in [3.63, 3.8) is 0 Å². The molecule has 3 fully saturated rings. The number of rotatable bonds is 81. The van der Waals surface area contributed by atoms with Crippen LogP contribution in [-0.4, -0.2) is 205 Å². The van der Waals surface area contributed by atoms with Crippen molar-refractivity contribution in [2.24, 2.45) is 0 Å².